The molecule has 0 radical (unpaired) electrons. The van der Waals surface area contributed by atoms with Crippen molar-refractivity contribution in [3.8, 4) is 0 Å². The van der Waals surface area contributed by atoms with Gasteiger partial charge in [-0.25, -0.2) is 0 Å². The zero-order valence-corrected chi connectivity index (χ0v) is 14.3. The van der Waals surface area contributed by atoms with Gasteiger partial charge in [0.15, 0.2) is 0 Å². The molecule has 2 rings (SSSR count). The third-order valence-electron chi connectivity index (χ3n) is 2.41. The van der Waals surface area contributed by atoms with Crippen LogP contribution in [0.1, 0.15) is 20.7 Å². The van der Waals surface area contributed by atoms with Crippen LogP contribution in [0.5, 0.6) is 0 Å². The SMILES string of the molecule is C=C(N)Nc1sccc1C(N)=O.C=C(N)Nc1sccc1C(N)=O. The van der Waals surface area contributed by atoms with E-state index in [1.54, 1.807) is 22.9 Å². The number of nitrogens with two attached hydrogens (primary N) is 4. The largest absolute Gasteiger partial charge is 0.386 e. The summed E-state index contributed by atoms with van der Waals surface area (Å²) in [5.74, 6) is -0.361. The number of primary amides is 2. The molecule has 0 aliphatic carbocycles. The van der Waals surface area contributed by atoms with Gasteiger partial charge in [-0.2, -0.15) is 0 Å². The van der Waals surface area contributed by atoms with Crippen LogP contribution in [0.15, 0.2) is 47.7 Å². The van der Waals surface area contributed by atoms with Crippen LogP contribution in [0, 0.1) is 0 Å². The van der Waals surface area contributed by atoms with Crippen molar-refractivity contribution >= 4 is 44.5 Å². The lowest BCUT2D eigenvalue weighted by atomic mass is 10.3. The highest BCUT2D eigenvalue weighted by molar-refractivity contribution is 7.15. The number of carbonyl (C=O) groups is 2. The molecular weight excluding hydrogens is 348 g/mol. The lowest BCUT2D eigenvalue weighted by molar-refractivity contribution is 0.0993. The fourth-order valence-corrected chi connectivity index (χ4v) is 3.14. The van der Waals surface area contributed by atoms with Crippen LogP contribution in [-0.2, 0) is 0 Å². The Bertz CT molecular complexity index is 701. The van der Waals surface area contributed by atoms with Crippen LogP contribution in [0.4, 0.5) is 10.0 Å². The minimum Gasteiger partial charge on any atom is -0.386 e. The van der Waals surface area contributed by atoms with Crippen molar-refractivity contribution in [3.05, 3.63) is 58.8 Å². The molecule has 128 valence electrons. The predicted molar refractivity (Wildman–Crippen MR) is 99.6 cm³/mol. The van der Waals surface area contributed by atoms with Gasteiger partial charge < -0.3 is 33.6 Å². The fraction of sp³-hybridized carbons (Fsp3) is 0. The van der Waals surface area contributed by atoms with Gasteiger partial charge in [0.05, 0.1) is 22.8 Å². The maximum atomic E-state index is 10.8. The van der Waals surface area contributed by atoms with E-state index in [1.165, 1.54) is 22.7 Å². The highest BCUT2D eigenvalue weighted by Gasteiger charge is 2.09. The predicted octanol–water partition coefficient (Wildman–Crippen LogP) is 1.38. The fourth-order valence-electron chi connectivity index (χ4n) is 1.49. The van der Waals surface area contributed by atoms with Crippen molar-refractivity contribution in [1.29, 1.82) is 0 Å². The first-order valence-corrected chi connectivity index (χ1v) is 8.15. The Morgan fingerprint density at radius 1 is 0.792 bits per heavy atom. The molecule has 0 aromatic carbocycles. The topological polar surface area (TPSA) is 162 Å². The maximum Gasteiger partial charge on any atom is 0.251 e. The molecule has 2 aromatic heterocycles. The number of amides is 2. The molecule has 8 nitrogen and oxygen atoms in total. The normalized spacial score (nSPS) is 9.33. The van der Waals surface area contributed by atoms with E-state index in [-0.39, 0.29) is 0 Å². The van der Waals surface area contributed by atoms with E-state index < -0.39 is 11.8 Å². The van der Waals surface area contributed by atoms with Gasteiger partial charge in [0, 0.05) is 0 Å². The summed E-state index contributed by atoms with van der Waals surface area (Å²) in [4.78, 5) is 21.6. The van der Waals surface area contributed by atoms with E-state index in [4.69, 9.17) is 22.9 Å². The van der Waals surface area contributed by atoms with Crippen molar-refractivity contribution in [2.75, 3.05) is 10.6 Å². The van der Waals surface area contributed by atoms with Gasteiger partial charge in [0.1, 0.15) is 10.0 Å². The molecule has 0 atom stereocenters. The summed E-state index contributed by atoms with van der Waals surface area (Å²) in [7, 11) is 0. The van der Waals surface area contributed by atoms with E-state index in [9.17, 15) is 9.59 Å². The molecule has 10 heteroatoms. The van der Waals surface area contributed by atoms with Gasteiger partial charge in [0.2, 0.25) is 0 Å². The third-order valence-corrected chi connectivity index (χ3v) is 4.07. The molecule has 0 unspecified atom stereocenters. The number of nitrogens with one attached hydrogen (secondary N) is 2. The van der Waals surface area contributed by atoms with Crippen molar-refractivity contribution in [2.45, 2.75) is 0 Å². The number of carbonyl (C=O) groups excluding carboxylic acids is 2. The number of anilines is 2. The maximum absolute atomic E-state index is 10.8. The second-order valence-corrected chi connectivity index (χ2v) is 6.19. The van der Waals surface area contributed by atoms with E-state index in [2.05, 4.69) is 23.8 Å². The Labute approximate surface area is 146 Å². The van der Waals surface area contributed by atoms with Crippen LogP contribution in [0.25, 0.3) is 0 Å². The molecule has 0 bridgehead atoms. The second-order valence-electron chi connectivity index (χ2n) is 4.36. The summed E-state index contributed by atoms with van der Waals surface area (Å²) >= 11 is 2.71. The zero-order chi connectivity index (χ0) is 18.3. The molecule has 0 spiro atoms. The summed E-state index contributed by atoms with van der Waals surface area (Å²) in [6.07, 6.45) is 0. The van der Waals surface area contributed by atoms with Crippen LogP contribution in [-0.4, -0.2) is 11.8 Å². The summed E-state index contributed by atoms with van der Waals surface area (Å²) < 4.78 is 0. The quantitative estimate of drug-likeness (QED) is 0.452. The minimum absolute atomic E-state index is 0.292. The number of hydrogen-bond donors (Lipinski definition) is 6. The lowest BCUT2D eigenvalue weighted by Gasteiger charge is -2.02. The second kappa shape index (κ2) is 8.60. The van der Waals surface area contributed by atoms with Crippen LogP contribution < -0.4 is 33.6 Å². The van der Waals surface area contributed by atoms with Gasteiger partial charge in [-0.05, 0) is 22.9 Å². The molecule has 24 heavy (non-hydrogen) atoms. The van der Waals surface area contributed by atoms with Gasteiger partial charge in [0.25, 0.3) is 11.8 Å². The standard InChI is InChI=1S/2C7H9N3OS/c2*1-4(8)10-7-5(6(9)11)2-3-12-7/h2*2-3,10H,1,8H2,(H2,9,11). The van der Waals surface area contributed by atoms with Crippen molar-refractivity contribution in [2.24, 2.45) is 22.9 Å². The van der Waals surface area contributed by atoms with Gasteiger partial charge >= 0.3 is 0 Å². The van der Waals surface area contributed by atoms with E-state index in [0.717, 1.165) is 0 Å². The third kappa shape index (κ3) is 5.66. The molecule has 2 aromatic rings. The van der Waals surface area contributed by atoms with Crippen LogP contribution >= 0.6 is 22.7 Å². The molecule has 0 aliphatic rings. The molecular formula is C14H18N6O2S2. The molecule has 0 aliphatic heterocycles. The highest BCUT2D eigenvalue weighted by Crippen LogP contribution is 2.23. The van der Waals surface area contributed by atoms with E-state index >= 15 is 0 Å². The number of thiophene rings is 2. The molecule has 0 fully saturated rings. The average Bonchev–Trinajstić information content (AvgIpc) is 3.07. The number of hydrogen-bond acceptors (Lipinski definition) is 8. The molecule has 2 heterocycles. The van der Waals surface area contributed by atoms with Crippen LogP contribution in [0.3, 0.4) is 0 Å². The first kappa shape index (κ1) is 19.1. The summed E-state index contributed by atoms with van der Waals surface area (Å²) in [5, 5.41) is 10.3. The van der Waals surface area contributed by atoms with Crippen molar-refractivity contribution < 1.29 is 9.59 Å². The van der Waals surface area contributed by atoms with Crippen LogP contribution in [0.2, 0.25) is 0 Å². The summed E-state index contributed by atoms with van der Waals surface area (Å²) in [6.45, 7) is 6.90. The zero-order valence-electron chi connectivity index (χ0n) is 12.7. The van der Waals surface area contributed by atoms with E-state index in [1.807, 2.05) is 0 Å². The Balaban J connectivity index is 0.000000240. The Hall–Kier alpha value is -2.98. The summed E-state index contributed by atoms with van der Waals surface area (Å²) in [5.41, 5.74) is 21.7. The van der Waals surface area contributed by atoms with Crippen molar-refractivity contribution in [1.82, 2.24) is 0 Å². The summed E-state index contributed by atoms with van der Waals surface area (Å²) in [6, 6.07) is 3.27. The Morgan fingerprint density at radius 3 is 1.38 bits per heavy atom. The first-order valence-electron chi connectivity index (χ1n) is 6.39. The van der Waals surface area contributed by atoms with Gasteiger partial charge in [-0.1, -0.05) is 13.2 Å². The minimum atomic E-state index is -0.472. The molecule has 10 N–H and O–H groups in total. The Morgan fingerprint density at radius 2 is 1.12 bits per heavy atom. The molecule has 2 amide bonds. The molecule has 0 saturated heterocycles. The highest BCUT2D eigenvalue weighted by atomic mass is 32.1. The van der Waals surface area contributed by atoms with Crippen molar-refractivity contribution in [3.63, 3.8) is 0 Å². The number of rotatable bonds is 6. The smallest absolute Gasteiger partial charge is 0.251 e. The van der Waals surface area contributed by atoms with E-state index in [0.29, 0.717) is 32.8 Å². The lowest BCUT2D eigenvalue weighted by Crippen LogP contribution is -2.14. The average molecular weight is 366 g/mol. The van der Waals surface area contributed by atoms with Gasteiger partial charge in [-0.3, -0.25) is 9.59 Å². The first-order chi connectivity index (χ1) is 11.2. The van der Waals surface area contributed by atoms with Gasteiger partial charge in [-0.15, -0.1) is 22.7 Å². The monoisotopic (exact) mass is 366 g/mol. The Kier molecular flexibility index (Phi) is 6.83. The molecule has 0 saturated carbocycles.